The third kappa shape index (κ3) is 6.66. The van der Waals surface area contributed by atoms with Crippen LogP contribution in [0.5, 0.6) is 0 Å². The summed E-state index contributed by atoms with van der Waals surface area (Å²) >= 11 is 0. The molecule has 2 aromatic rings. The van der Waals surface area contributed by atoms with Crippen LogP contribution in [0.1, 0.15) is 18.5 Å². The molecule has 0 aromatic heterocycles. The van der Waals surface area contributed by atoms with Crippen molar-refractivity contribution in [2.75, 3.05) is 44.6 Å². The zero-order chi connectivity index (χ0) is 20.6. The van der Waals surface area contributed by atoms with Crippen molar-refractivity contribution in [2.24, 2.45) is 0 Å². The van der Waals surface area contributed by atoms with Crippen LogP contribution >= 0.6 is 0 Å². The maximum absolute atomic E-state index is 12.9. The van der Waals surface area contributed by atoms with Crippen LogP contribution in [0.15, 0.2) is 54.6 Å². The number of hydrogen-bond donors (Lipinski definition) is 4. The molecule has 1 aliphatic heterocycles. The average molecular weight is 400 g/mol. The summed E-state index contributed by atoms with van der Waals surface area (Å²) in [7, 11) is 0. The number of quaternary nitrogens is 2. The van der Waals surface area contributed by atoms with E-state index in [1.807, 2.05) is 37.3 Å². The molecule has 7 heteroatoms. The quantitative estimate of drug-likeness (QED) is 0.503. The number of carbonyl (C=O) groups excluding carboxylic acids is 2. The van der Waals surface area contributed by atoms with Gasteiger partial charge in [-0.2, -0.15) is 0 Å². The van der Waals surface area contributed by atoms with Crippen LogP contribution in [0.4, 0.5) is 10.1 Å². The van der Waals surface area contributed by atoms with Gasteiger partial charge in [-0.25, -0.2) is 4.39 Å². The summed E-state index contributed by atoms with van der Waals surface area (Å²) in [6.07, 6.45) is 0. The van der Waals surface area contributed by atoms with E-state index >= 15 is 0 Å². The molecule has 0 bridgehead atoms. The van der Waals surface area contributed by atoms with E-state index in [1.54, 1.807) is 12.1 Å². The molecule has 1 saturated heterocycles. The third-order valence-corrected chi connectivity index (χ3v) is 5.29. The molecular formula is C22H29FN4O2+2. The smallest absolute Gasteiger partial charge is 0.279 e. The van der Waals surface area contributed by atoms with Gasteiger partial charge in [0, 0.05) is 5.69 Å². The van der Waals surface area contributed by atoms with Crippen LogP contribution in [0.2, 0.25) is 0 Å². The minimum Gasteiger partial charge on any atom is -0.345 e. The van der Waals surface area contributed by atoms with Crippen molar-refractivity contribution in [1.29, 1.82) is 0 Å². The minimum atomic E-state index is -0.324. The fourth-order valence-electron chi connectivity index (χ4n) is 3.62. The highest BCUT2D eigenvalue weighted by atomic mass is 19.1. The molecule has 0 radical (unpaired) electrons. The second-order valence-electron chi connectivity index (χ2n) is 7.61. The lowest BCUT2D eigenvalue weighted by molar-refractivity contribution is -1.00. The van der Waals surface area contributed by atoms with Gasteiger partial charge in [0.1, 0.15) is 32.0 Å². The summed E-state index contributed by atoms with van der Waals surface area (Å²) in [6.45, 7) is 6.21. The lowest BCUT2D eigenvalue weighted by atomic mass is 10.1. The van der Waals surface area contributed by atoms with Crippen LogP contribution < -0.4 is 20.4 Å². The molecule has 4 N–H and O–H groups in total. The van der Waals surface area contributed by atoms with E-state index in [9.17, 15) is 14.0 Å². The van der Waals surface area contributed by atoms with E-state index in [2.05, 4.69) is 10.6 Å². The second kappa shape index (κ2) is 10.1. The lowest BCUT2D eigenvalue weighted by Crippen LogP contribution is -3.28. The Kier molecular flexibility index (Phi) is 7.32. The second-order valence-corrected chi connectivity index (χ2v) is 7.61. The fourth-order valence-corrected chi connectivity index (χ4v) is 3.62. The summed E-state index contributed by atoms with van der Waals surface area (Å²) < 4.78 is 12.9. The third-order valence-electron chi connectivity index (χ3n) is 5.29. The van der Waals surface area contributed by atoms with Crippen LogP contribution in [0, 0.1) is 5.82 Å². The van der Waals surface area contributed by atoms with Gasteiger partial charge in [-0.15, -0.1) is 0 Å². The number of anilines is 1. The Morgan fingerprint density at radius 3 is 2.03 bits per heavy atom. The van der Waals surface area contributed by atoms with Crippen LogP contribution in [-0.2, 0) is 9.59 Å². The van der Waals surface area contributed by atoms with Gasteiger partial charge < -0.3 is 20.4 Å². The Morgan fingerprint density at radius 2 is 1.45 bits per heavy atom. The van der Waals surface area contributed by atoms with E-state index in [-0.39, 0.29) is 23.7 Å². The Balaban J connectivity index is 1.37. The minimum absolute atomic E-state index is 0.00910. The molecule has 29 heavy (non-hydrogen) atoms. The molecule has 1 atom stereocenters. The van der Waals surface area contributed by atoms with Crippen molar-refractivity contribution in [3.63, 3.8) is 0 Å². The Hall–Kier alpha value is -2.77. The van der Waals surface area contributed by atoms with Crippen molar-refractivity contribution in [1.82, 2.24) is 5.32 Å². The Morgan fingerprint density at radius 1 is 0.897 bits per heavy atom. The maximum Gasteiger partial charge on any atom is 0.279 e. The van der Waals surface area contributed by atoms with Crippen molar-refractivity contribution < 1.29 is 23.8 Å². The van der Waals surface area contributed by atoms with Crippen molar-refractivity contribution in [2.45, 2.75) is 13.0 Å². The van der Waals surface area contributed by atoms with E-state index in [0.29, 0.717) is 18.8 Å². The summed E-state index contributed by atoms with van der Waals surface area (Å²) in [5, 5.41) is 5.86. The van der Waals surface area contributed by atoms with Crippen molar-refractivity contribution in [3.05, 3.63) is 66.0 Å². The topological polar surface area (TPSA) is 67.1 Å². The zero-order valence-electron chi connectivity index (χ0n) is 16.7. The monoisotopic (exact) mass is 400 g/mol. The molecule has 2 amide bonds. The molecule has 1 heterocycles. The van der Waals surface area contributed by atoms with E-state index in [1.165, 1.54) is 21.9 Å². The van der Waals surface area contributed by atoms with Crippen molar-refractivity contribution >= 4 is 17.5 Å². The first-order valence-corrected chi connectivity index (χ1v) is 10.1. The van der Waals surface area contributed by atoms with Crippen molar-refractivity contribution in [3.8, 4) is 0 Å². The highest BCUT2D eigenvalue weighted by Gasteiger charge is 2.26. The van der Waals surface area contributed by atoms with Gasteiger partial charge >= 0.3 is 0 Å². The number of hydrogen-bond acceptors (Lipinski definition) is 2. The van der Waals surface area contributed by atoms with Crippen LogP contribution in [0.3, 0.4) is 0 Å². The summed E-state index contributed by atoms with van der Waals surface area (Å²) in [4.78, 5) is 27.0. The molecule has 0 spiro atoms. The summed E-state index contributed by atoms with van der Waals surface area (Å²) in [6, 6.07) is 15.7. The predicted octanol–water partition coefficient (Wildman–Crippen LogP) is -0.575. The maximum atomic E-state index is 12.9. The molecule has 1 fully saturated rings. The Labute approximate surface area is 170 Å². The Bertz CT molecular complexity index is 805. The normalized spacial score (nSPS) is 19.9. The van der Waals surface area contributed by atoms with Gasteiger partial charge in [-0.1, -0.05) is 30.3 Å². The molecule has 6 nitrogen and oxygen atoms in total. The molecule has 0 unspecified atom stereocenters. The molecule has 1 aliphatic rings. The van der Waals surface area contributed by atoms with Gasteiger partial charge in [0.05, 0.1) is 6.04 Å². The number of piperazine rings is 1. The summed E-state index contributed by atoms with van der Waals surface area (Å²) in [5.41, 5.74) is 1.70. The first-order chi connectivity index (χ1) is 14.0. The lowest BCUT2D eigenvalue weighted by Gasteiger charge is -2.29. The number of rotatable bonds is 7. The molecule has 0 aliphatic carbocycles. The standard InChI is InChI=1S/C22H27FN4O2/c1-17(18-5-3-2-4-6-18)24-21(28)15-26-11-13-27(14-12-26)16-22(29)25-20-9-7-19(23)8-10-20/h2-10,17H,11-16H2,1H3,(H,24,28)(H,25,29)/p+2/t17-/m0/s1. The van der Waals surface area contributed by atoms with Crippen LogP contribution in [0.25, 0.3) is 0 Å². The van der Waals surface area contributed by atoms with Gasteiger partial charge in [-0.3, -0.25) is 9.59 Å². The number of halogens is 1. The molecule has 154 valence electrons. The number of benzene rings is 2. The van der Waals surface area contributed by atoms with E-state index in [0.717, 1.165) is 31.7 Å². The predicted molar refractivity (Wildman–Crippen MR) is 109 cm³/mol. The van der Waals surface area contributed by atoms with Gasteiger partial charge in [0.25, 0.3) is 11.8 Å². The first-order valence-electron chi connectivity index (χ1n) is 10.1. The molecular weight excluding hydrogens is 371 g/mol. The zero-order valence-corrected chi connectivity index (χ0v) is 16.7. The number of nitrogens with one attached hydrogen (secondary N) is 4. The number of amides is 2. The SMILES string of the molecule is C[C@H](NC(=O)C[NH+]1CC[NH+](CC(=O)Nc2ccc(F)cc2)CC1)c1ccccc1. The highest BCUT2D eigenvalue weighted by Crippen LogP contribution is 2.10. The van der Waals surface area contributed by atoms with Gasteiger partial charge in [0.15, 0.2) is 13.1 Å². The highest BCUT2D eigenvalue weighted by molar-refractivity contribution is 5.91. The molecule has 0 saturated carbocycles. The average Bonchev–Trinajstić information content (AvgIpc) is 2.72. The van der Waals surface area contributed by atoms with E-state index < -0.39 is 0 Å². The number of carbonyl (C=O) groups is 2. The van der Waals surface area contributed by atoms with E-state index in [4.69, 9.17) is 0 Å². The fraction of sp³-hybridized carbons (Fsp3) is 0.364. The molecule has 3 rings (SSSR count). The molecule has 2 aromatic carbocycles. The summed E-state index contributed by atoms with van der Waals surface area (Å²) in [5.74, 6) is -0.353. The largest absolute Gasteiger partial charge is 0.345 e. The van der Waals surface area contributed by atoms with Gasteiger partial charge in [-0.05, 0) is 36.8 Å². The first kappa shape index (κ1) is 21.0. The van der Waals surface area contributed by atoms with Crippen LogP contribution in [-0.4, -0.2) is 51.1 Å². The van der Waals surface area contributed by atoms with Gasteiger partial charge in [0.2, 0.25) is 0 Å².